The first-order valence-corrected chi connectivity index (χ1v) is 16.9. The number of halogens is 2. The van der Waals surface area contributed by atoms with Crippen molar-refractivity contribution < 1.29 is 26.3 Å². The van der Waals surface area contributed by atoms with E-state index in [4.69, 9.17) is 32.7 Å². The zero-order valence-electron chi connectivity index (χ0n) is 22.5. The molecule has 42 heavy (non-hydrogen) atoms. The van der Waals surface area contributed by atoms with Crippen LogP contribution in [0.4, 0.5) is 0 Å². The van der Waals surface area contributed by atoms with Gasteiger partial charge in [0.25, 0.3) is 0 Å². The van der Waals surface area contributed by atoms with Crippen molar-refractivity contribution >= 4 is 43.2 Å². The van der Waals surface area contributed by atoms with Gasteiger partial charge >= 0.3 is 0 Å². The maximum Gasteiger partial charge on any atom is 0.240 e. The van der Waals surface area contributed by atoms with E-state index in [1.807, 2.05) is 0 Å². The van der Waals surface area contributed by atoms with E-state index in [1.165, 1.54) is 24.3 Å². The van der Waals surface area contributed by atoms with Gasteiger partial charge < -0.3 is 9.47 Å². The van der Waals surface area contributed by atoms with E-state index >= 15 is 0 Å². The van der Waals surface area contributed by atoms with Crippen molar-refractivity contribution in [1.82, 2.24) is 9.44 Å². The second-order valence-corrected chi connectivity index (χ2v) is 13.6. The number of hydrogen-bond acceptors (Lipinski definition) is 6. The van der Waals surface area contributed by atoms with Gasteiger partial charge in [0, 0.05) is 13.1 Å². The first-order valence-electron chi connectivity index (χ1n) is 13.2. The molecule has 4 aromatic rings. The normalized spacial score (nSPS) is 11.8. The minimum absolute atomic E-state index is 0.131. The standard InChI is InChI=1S/C30H30Cl2N2O6S2/c31-27-9-3-5-11-29(27)39-23-13-17-25(18-14-23)41(35,36)33-21-7-1-2-8-22-34-42(37,38)26-19-15-24(16-20-26)40-30-12-6-4-10-28(30)32/h3-6,9-20,33-34H,1-2,7-8,21-22H2. The number of rotatable bonds is 15. The predicted molar refractivity (Wildman–Crippen MR) is 165 cm³/mol. The molecule has 0 bridgehead atoms. The molecule has 0 atom stereocenters. The molecule has 8 nitrogen and oxygen atoms in total. The van der Waals surface area contributed by atoms with E-state index < -0.39 is 20.0 Å². The number of nitrogens with one attached hydrogen (secondary N) is 2. The monoisotopic (exact) mass is 648 g/mol. The van der Waals surface area contributed by atoms with Crippen LogP contribution in [0.5, 0.6) is 23.0 Å². The van der Waals surface area contributed by atoms with E-state index in [0.717, 1.165) is 12.8 Å². The summed E-state index contributed by atoms with van der Waals surface area (Å²) < 4.78 is 67.0. The largest absolute Gasteiger partial charge is 0.456 e. The fourth-order valence-electron chi connectivity index (χ4n) is 3.87. The van der Waals surface area contributed by atoms with Crippen LogP contribution in [0, 0.1) is 0 Å². The third-order valence-corrected chi connectivity index (χ3v) is 9.66. The molecule has 0 aromatic heterocycles. The Hall–Kier alpha value is -3.12. The molecule has 0 saturated carbocycles. The average Bonchev–Trinajstić information content (AvgIpc) is 2.97. The number of ether oxygens (including phenoxy) is 2. The Morgan fingerprint density at radius 2 is 0.857 bits per heavy atom. The van der Waals surface area contributed by atoms with E-state index in [9.17, 15) is 16.8 Å². The zero-order chi connectivity index (χ0) is 30.0. The molecule has 0 aliphatic carbocycles. The molecule has 12 heteroatoms. The van der Waals surface area contributed by atoms with Crippen molar-refractivity contribution in [3.05, 3.63) is 107 Å². The highest BCUT2D eigenvalue weighted by molar-refractivity contribution is 7.89. The quantitative estimate of drug-likeness (QED) is 0.130. The van der Waals surface area contributed by atoms with Crippen molar-refractivity contribution in [1.29, 1.82) is 0 Å². The van der Waals surface area contributed by atoms with Gasteiger partial charge in [0.15, 0.2) is 0 Å². The lowest BCUT2D eigenvalue weighted by Gasteiger charge is -2.10. The van der Waals surface area contributed by atoms with Crippen LogP contribution < -0.4 is 18.9 Å². The van der Waals surface area contributed by atoms with Crippen LogP contribution >= 0.6 is 23.2 Å². The lowest BCUT2D eigenvalue weighted by Crippen LogP contribution is -2.25. The van der Waals surface area contributed by atoms with Crippen LogP contribution in [0.3, 0.4) is 0 Å². The summed E-state index contributed by atoms with van der Waals surface area (Å²) in [5, 5.41) is 0.916. The molecule has 0 aliphatic rings. The molecule has 0 spiro atoms. The molecule has 0 unspecified atom stereocenters. The fourth-order valence-corrected chi connectivity index (χ4v) is 6.36. The number of para-hydroxylation sites is 2. The lowest BCUT2D eigenvalue weighted by molar-refractivity contribution is 0.482. The fraction of sp³-hybridized carbons (Fsp3) is 0.200. The summed E-state index contributed by atoms with van der Waals surface area (Å²) in [5.74, 6) is 1.90. The van der Waals surface area contributed by atoms with Gasteiger partial charge in [0.1, 0.15) is 23.0 Å². The van der Waals surface area contributed by atoms with Crippen LogP contribution in [-0.2, 0) is 20.0 Å². The molecule has 0 heterocycles. The minimum Gasteiger partial charge on any atom is -0.456 e. The van der Waals surface area contributed by atoms with Crippen LogP contribution in [0.15, 0.2) is 107 Å². The van der Waals surface area contributed by atoms with Crippen molar-refractivity contribution in [3.63, 3.8) is 0 Å². The summed E-state index contributed by atoms with van der Waals surface area (Å²) in [6, 6.07) is 26.2. The zero-order valence-corrected chi connectivity index (χ0v) is 25.6. The molecule has 4 rings (SSSR count). The molecule has 0 radical (unpaired) electrons. The Labute approximate surface area is 256 Å². The Morgan fingerprint density at radius 1 is 0.500 bits per heavy atom. The molecule has 0 saturated heterocycles. The maximum absolute atomic E-state index is 12.6. The second kappa shape index (κ2) is 14.9. The molecule has 4 aromatic carbocycles. The Balaban J connectivity index is 1.13. The number of hydrogen-bond donors (Lipinski definition) is 2. The van der Waals surface area contributed by atoms with E-state index in [0.29, 0.717) is 45.9 Å². The van der Waals surface area contributed by atoms with E-state index in [1.54, 1.807) is 72.8 Å². The molecule has 0 aliphatic heterocycles. The molecular weight excluding hydrogens is 619 g/mol. The van der Waals surface area contributed by atoms with Gasteiger partial charge in [0.2, 0.25) is 20.0 Å². The summed E-state index contributed by atoms with van der Waals surface area (Å²) in [7, 11) is -7.33. The minimum atomic E-state index is -3.67. The molecule has 2 N–H and O–H groups in total. The van der Waals surface area contributed by atoms with Crippen molar-refractivity contribution in [3.8, 4) is 23.0 Å². The smallest absolute Gasteiger partial charge is 0.240 e. The van der Waals surface area contributed by atoms with Crippen LogP contribution in [-0.4, -0.2) is 29.9 Å². The molecule has 0 fully saturated rings. The highest BCUT2D eigenvalue weighted by Crippen LogP contribution is 2.30. The first-order chi connectivity index (χ1) is 20.1. The van der Waals surface area contributed by atoms with Crippen LogP contribution in [0.2, 0.25) is 10.0 Å². The van der Waals surface area contributed by atoms with Crippen molar-refractivity contribution in [2.75, 3.05) is 13.1 Å². The third kappa shape index (κ3) is 9.19. The summed E-state index contributed by atoms with van der Waals surface area (Å²) >= 11 is 12.2. The second-order valence-electron chi connectivity index (χ2n) is 9.22. The average molecular weight is 650 g/mol. The lowest BCUT2D eigenvalue weighted by atomic mass is 10.2. The number of sulfonamides is 2. The molecule has 222 valence electrons. The Kier molecular flexibility index (Phi) is 11.3. The van der Waals surface area contributed by atoms with Gasteiger partial charge in [-0.1, -0.05) is 60.3 Å². The van der Waals surface area contributed by atoms with Gasteiger partial charge in [0.05, 0.1) is 19.8 Å². The number of unbranched alkanes of at least 4 members (excludes halogenated alkanes) is 3. The Bertz CT molecular complexity index is 1550. The van der Waals surface area contributed by atoms with Crippen molar-refractivity contribution in [2.24, 2.45) is 0 Å². The van der Waals surface area contributed by atoms with Crippen LogP contribution in [0.1, 0.15) is 25.7 Å². The predicted octanol–water partition coefficient (Wildman–Crippen LogP) is 7.40. The third-order valence-electron chi connectivity index (χ3n) is 6.08. The summed E-state index contributed by atoms with van der Waals surface area (Å²) in [6.45, 7) is 0.545. The van der Waals surface area contributed by atoms with E-state index in [-0.39, 0.29) is 22.9 Å². The van der Waals surface area contributed by atoms with E-state index in [2.05, 4.69) is 9.44 Å². The topological polar surface area (TPSA) is 111 Å². The van der Waals surface area contributed by atoms with Gasteiger partial charge in [-0.15, -0.1) is 0 Å². The first kappa shape index (κ1) is 31.8. The van der Waals surface area contributed by atoms with Crippen LogP contribution in [0.25, 0.3) is 0 Å². The van der Waals surface area contributed by atoms with Gasteiger partial charge in [-0.25, -0.2) is 26.3 Å². The maximum atomic E-state index is 12.6. The summed E-state index contributed by atoms with van der Waals surface area (Å²) in [4.78, 5) is 0.263. The summed E-state index contributed by atoms with van der Waals surface area (Å²) in [5.41, 5.74) is 0. The molecular formula is C30H30Cl2N2O6S2. The SMILES string of the molecule is O=S(=O)(NCCCCCCNS(=O)(=O)c1ccc(Oc2ccccc2Cl)cc1)c1ccc(Oc2ccccc2Cl)cc1. The van der Waals surface area contributed by atoms with Crippen molar-refractivity contribution in [2.45, 2.75) is 35.5 Å². The highest BCUT2D eigenvalue weighted by Gasteiger charge is 2.15. The molecule has 0 amide bonds. The van der Waals surface area contributed by atoms with Gasteiger partial charge in [-0.05, 0) is 85.6 Å². The number of benzene rings is 4. The highest BCUT2D eigenvalue weighted by atomic mass is 35.5. The summed E-state index contributed by atoms with van der Waals surface area (Å²) in [6.07, 6.45) is 2.71. The van der Waals surface area contributed by atoms with Gasteiger partial charge in [-0.3, -0.25) is 0 Å². The van der Waals surface area contributed by atoms with Gasteiger partial charge in [-0.2, -0.15) is 0 Å². The Morgan fingerprint density at radius 3 is 1.21 bits per heavy atom.